The summed E-state index contributed by atoms with van der Waals surface area (Å²) < 4.78 is 47.4. The van der Waals surface area contributed by atoms with Crippen LogP contribution in [0.25, 0.3) is 0 Å². The molecule has 0 aliphatic carbocycles. The fraction of sp³-hybridized carbons (Fsp3) is 0.625. The Hall–Kier alpha value is -1.06. The molecule has 1 aromatic rings. The highest BCUT2D eigenvalue weighted by Gasteiger charge is 2.26. The first-order valence-corrected chi connectivity index (χ1v) is 9.74. The largest absolute Gasteiger partial charge is 0.379 e. The Labute approximate surface area is 143 Å². The Morgan fingerprint density at radius 1 is 1.21 bits per heavy atom. The maximum Gasteiger partial charge on any atom is 0.279 e. The van der Waals surface area contributed by atoms with E-state index in [1.165, 1.54) is 16.4 Å². The highest BCUT2D eigenvalue weighted by atomic mass is 32.2. The Morgan fingerprint density at radius 3 is 2.33 bits per heavy atom. The average molecular weight is 359 g/mol. The smallest absolute Gasteiger partial charge is 0.279 e. The van der Waals surface area contributed by atoms with Gasteiger partial charge in [0.1, 0.15) is 5.82 Å². The molecule has 0 bridgehead atoms. The van der Waals surface area contributed by atoms with Crippen LogP contribution in [-0.2, 0) is 14.9 Å². The molecule has 0 saturated carbocycles. The summed E-state index contributed by atoms with van der Waals surface area (Å²) in [4.78, 5) is 2.17. The van der Waals surface area contributed by atoms with Crippen molar-refractivity contribution in [3.63, 3.8) is 0 Å². The van der Waals surface area contributed by atoms with Gasteiger partial charge in [-0.05, 0) is 17.7 Å². The van der Waals surface area contributed by atoms with E-state index in [-0.39, 0.29) is 18.4 Å². The van der Waals surface area contributed by atoms with E-state index >= 15 is 0 Å². The van der Waals surface area contributed by atoms with Crippen LogP contribution in [0.1, 0.15) is 25.5 Å². The number of morpholine rings is 1. The molecular formula is C16H26FN3O3S. The number of ether oxygens (including phenoxy) is 1. The summed E-state index contributed by atoms with van der Waals surface area (Å²) in [7, 11) is -3.52. The maximum absolute atomic E-state index is 13.2. The molecule has 1 aliphatic rings. The lowest BCUT2D eigenvalue weighted by Gasteiger charge is -2.35. The zero-order valence-electron chi connectivity index (χ0n) is 14.2. The summed E-state index contributed by atoms with van der Waals surface area (Å²) in [6.45, 7) is 7.36. The molecular weight excluding hydrogens is 333 g/mol. The van der Waals surface area contributed by atoms with Gasteiger partial charge in [-0.2, -0.15) is 12.7 Å². The second-order valence-electron chi connectivity index (χ2n) is 5.65. The number of rotatable bonds is 8. The van der Waals surface area contributed by atoms with Crippen molar-refractivity contribution in [2.75, 3.05) is 45.9 Å². The van der Waals surface area contributed by atoms with Crippen LogP contribution in [0.3, 0.4) is 0 Å². The average Bonchev–Trinajstić information content (AvgIpc) is 2.58. The fourth-order valence-corrected chi connectivity index (χ4v) is 4.10. The quantitative estimate of drug-likeness (QED) is 0.762. The molecule has 136 valence electrons. The van der Waals surface area contributed by atoms with Crippen molar-refractivity contribution in [1.29, 1.82) is 0 Å². The maximum atomic E-state index is 13.2. The van der Waals surface area contributed by atoms with E-state index in [0.717, 1.165) is 18.7 Å². The number of hydrogen-bond acceptors (Lipinski definition) is 4. The van der Waals surface area contributed by atoms with E-state index < -0.39 is 10.2 Å². The molecule has 1 aliphatic heterocycles. The van der Waals surface area contributed by atoms with E-state index in [1.54, 1.807) is 12.1 Å². The molecule has 1 atom stereocenters. The highest BCUT2D eigenvalue weighted by Crippen LogP contribution is 2.22. The molecule has 0 amide bonds. The molecule has 1 heterocycles. The predicted octanol–water partition coefficient (Wildman–Crippen LogP) is 1.38. The van der Waals surface area contributed by atoms with Crippen LogP contribution in [0, 0.1) is 5.82 Å². The van der Waals surface area contributed by atoms with E-state index in [9.17, 15) is 12.8 Å². The third kappa shape index (κ3) is 4.97. The van der Waals surface area contributed by atoms with Gasteiger partial charge in [-0.3, -0.25) is 4.90 Å². The van der Waals surface area contributed by atoms with Crippen LogP contribution in [0.4, 0.5) is 4.39 Å². The first kappa shape index (κ1) is 19.3. The Kier molecular flexibility index (Phi) is 7.12. The summed E-state index contributed by atoms with van der Waals surface area (Å²) in [5, 5.41) is 0. The Morgan fingerprint density at radius 2 is 1.79 bits per heavy atom. The lowest BCUT2D eigenvalue weighted by Crippen LogP contribution is -2.47. The van der Waals surface area contributed by atoms with Crippen molar-refractivity contribution in [3.05, 3.63) is 35.6 Å². The van der Waals surface area contributed by atoms with Crippen molar-refractivity contribution in [3.8, 4) is 0 Å². The lowest BCUT2D eigenvalue weighted by atomic mass is 10.0. The number of halogens is 1. The van der Waals surface area contributed by atoms with E-state index in [2.05, 4.69) is 9.62 Å². The molecule has 0 radical (unpaired) electrons. The summed E-state index contributed by atoms with van der Waals surface area (Å²) in [5.41, 5.74) is 0.889. The number of nitrogens with zero attached hydrogens (tertiary/aromatic N) is 2. The minimum absolute atomic E-state index is 0.153. The molecule has 1 N–H and O–H groups in total. The third-order valence-electron chi connectivity index (χ3n) is 4.25. The summed E-state index contributed by atoms with van der Waals surface area (Å²) in [6, 6.07) is 6.07. The van der Waals surface area contributed by atoms with Crippen LogP contribution in [-0.4, -0.2) is 63.6 Å². The molecule has 2 rings (SSSR count). The molecule has 1 fully saturated rings. The standard InChI is InChI=1S/C16H26FN3O3S/c1-3-20(4-2)24(21,22)18-13-16(19-9-11-23-12-10-19)14-5-7-15(17)8-6-14/h5-8,16,18H,3-4,9-13H2,1-2H3. The van der Waals surface area contributed by atoms with Gasteiger partial charge in [0, 0.05) is 38.8 Å². The van der Waals surface area contributed by atoms with Gasteiger partial charge in [0.2, 0.25) is 0 Å². The number of nitrogens with one attached hydrogen (secondary N) is 1. The zero-order chi connectivity index (χ0) is 17.6. The minimum atomic E-state index is -3.52. The van der Waals surface area contributed by atoms with E-state index in [1.807, 2.05) is 13.8 Å². The monoisotopic (exact) mass is 359 g/mol. The van der Waals surface area contributed by atoms with Crippen molar-refractivity contribution in [2.45, 2.75) is 19.9 Å². The van der Waals surface area contributed by atoms with Crippen molar-refractivity contribution >= 4 is 10.2 Å². The second kappa shape index (κ2) is 8.87. The fourth-order valence-electron chi connectivity index (χ4n) is 2.87. The Balaban J connectivity index is 2.15. The normalized spacial score (nSPS) is 18.0. The van der Waals surface area contributed by atoms with Gasteiger partial charge in [0.15, 0.2) is 0 Å². The van der Waals surface area contributed by atoms with E-state index in [4.69, 9.17) is 4.74 Å². The summed E-state index contributed by atoms with van der Waals surface area (Å²) in [6.07, 6.45) is 0. The topological polar surface area (TPSA) is 61.9 Å². The van der Waals surface area contributed by atoms with Crippen LogP contribution >= 0.6 is 0 Å². The van der Waals surface area contributed by atoms with Crippen molar-refractivity contribution < 1.29 is 17.5 Å². The van der Waals surface area contributed by atoms with Crippen LogP contribution in [0.2, 0.25) is 0 Å². The second-order valence-corrected chi connectivity index (χ2v) is 7.41. The van der Waals surface area contributed by atoms with Crippen LogP contribution in [0.5, 0.6) is 0 Å². The number of benzene rings is 1. The van der Waals surface area contributed by atoms with Gasteiger partial charge in [-0.25, -0.2) is 9.11 Å². The SMILES string of the molecule is CCN(CC)S(=O)(=O)NCC(c1ccc(F)cc1)N1CCOCC1. The minimum Gasteiger partial charge on any atom is -0.379 e. The molecule has 24 heavy (non-hydrogen) atoms. The first-order valence-electron chi connectivity index (χ1n) is 8.30. The van der Waals surface area contributed by atoms with Crippen molar-refractivity contribution in [1.82, 2.24) is 13.9 Å². The van der Waals surface area contributed by atoms with E-state index in [0.29, 0.717) is 26.3 Å². The molecule has 0 spiro atoms. The molecule has 8 heteroatoms. The third-order valence-corrected chi connectivity index (χ3v) is 5.97. The van der Waals surface area contributed by atoms with Gasteiger partial charge in [-0.15, -0.1) is 0 Å². The molecule has 1 aromatic carbocycles. The van der Waals surface area contributed by atoms with Gasteiger partial charge >= 0.3 is 0 Å². The molecule has 0 aromatic heterocycles. The van der Waals surface area contributed by atoms with Crippen LogP contribution in [0.15, 0.2) is 24.3 Å². The van der Waals surface area contributed by atoms with Gasteiger partial charge < -0.3 is 4.74 Å². The van der Waals surface area contributed by atoms with Gasteiger partial charge in [-0.1, -0.05) is 26.0 Å². The molecule has 6 nitrogen and oxygen atoms in total. The van der Waals surface area contributed by atoms with Crippen LogP contribution < -0.4 is 4.72 Å². The van der Waals surface area contributed by atoms with Crippen molar-refractivity contribution in [2.24, 2.45) is 0 Å². The predicted molar refractivity (Wildman–Crippen MR) is 91.4 cm³/mol. The van der Waals surface area contributed by atoms with Gasteiger partial charge in [0.25, 0.3) is 10.2 Å². The Bertz CT molecular complexity index is 599. The molecule has 1 unspecified atom stereocenters. The summed E-state index contributed by atoms with van der Waals surface area (Å²) in [5.74, 6) is -0.303. The van der Waals surface area contributed by atoms with Gasteiger partial charge in [0.05, 0.1) is 13.2 Å². The number of hydrogen-bond donors (Lipinski definition) is 1. The summed E-state index contributed by atoms with van der Waals surface area (Å²) >= 11 is 0. The zero-order valence-corrected chi connectivity index (χ0v) is 15.1. The lowest BCUT2D eigenvalue weighted by molar-refractivity contribution is 0.0171. The first-order chi connectivity index (χ1) is 11.5. The highest BCUT2D eigenvalue weighted by molar-refractivity contribution is 7.87. The molecule has 1 saturated heterocycles.